The van der Waals surface area contributed by atoms with E-state index < -0.39 is 0 Å². The van der Waals surface area contributed by atoms with Crippen molar-refractivity contribution >= 4 is 33.6 Å². The summed E-state index contributed by atoms with van der Waals surface area (Å²) in [6, 6.07) is 13.5. The summed E-state index contributed by atoms with van der Waals surface area (Å²) >= 11 is 0. The second-order valence-electron chi connectivity index (χ2n) is 8.93. The second-order valence-corrected chi connectivity index (χ2v) is 10.6. The predicted molar refractivity (Wildman–Crippen MR) is 162 cm³/mol. The number of rotatable bonds is 10. The lowest BCUT2D eigenvalue weighted by Gasteiger charge is -2.34. The number of hydrogen-bond acceptors (Lipinski definition) is 4. The van der Waals surface area contributed by atoms with E-state index in [0.29, 0.717) is 23.6 Å². The molecule has 196 valence electrons. The molecule has 1 heterocycles. The molecular formula is C30H38FN5S. The Labute approximate surface area is 223 Å². The van der Waals surface area contributed by atoms with Crippen molar-refractivity contribution < 1.29 is 4.39 Å². The third-order valence-corrected chi connectivity index (χ3v) is 7.31. The fraction of sp³-hybridized carbons (Fsp3) is 0.267. The van der Waals surface area contributed by atoms with Crippen LogP contribution >= 0.6 is 10.5 Å². The molecule has 0 bridgehead atoms. The molecule has 7 heteroatoms. The molecule has 37 heavy (non-hydrogen) atoms. The van der Waals surface area contributed by atoms with E-state index in [0.717, 1.165) is 42.3 Å². The first-order valence-corrected chi connectivity index (χ1v) is 14.1. The van der Waals surface area contributed by atoms with Gasteiger partial charge in [-0.1, -0.05) is 43.3 Å². The topological polar surface area (TPSA) is 42.9 Å². The number of likely N-dealkylation sites (N-methyl/N-ethyl adjacent to an activating group) is 1. The Bertz CT molecular complexity index is 1200. The van der Waals surface area contributed by atoms with Crippen molar-refractivity contribution in [1.82, 2.24) is 10.2 Å². The number of anilines is 2. The molecular weight excluding hydrogens is 481 g/mol. The number of amidine groups is 1. The van der Waals surface area contributed by atoms with Crippen molar-refractivity contribution in [2.24, 2.45) is 4.99 Å². The fourth-order valence-electron chi connectivity index (χ4n) is 4.12. The van der Waals surface area contributed by atoms with Crippen molar-refractivity contribution in [2.45, 2.75) is 18.2 Å². The molecule has 0 radical (unpaired) electrons. The maximum Gasteiger partial charge on any atom is 0.138 e. The molecule has 0 spiro atoms. The lowest BCUT2D eigenvalue weighted by molar-refractivity contribution is 0.313. The number of allylic oxidation sites excluding steroid dienone is 2. The Morgan fingerprint density at radius 1 is 1.14 bits per heavy atom. The van der Waals surface area contributed by atoms with Crippen LogP contribution in [0.1, 0.15) is 12.5 Å². The minimum atomic E-state index is -0.273. The van der Waals surface area contributed by atoms with Gasteiger partial charge in [0, 0.05) is 59.8 Å². The van der Waals surface area contributed by atoms with Gasteiger partial charge in [0.2, 0.25) is 0 Å². The number of benzene rings is 2. The van der Waals surface area contributed by atoms with Gasteiger partial charge in [0.15, 0.2) is 0 Å². The fourth-order valence-corrected chi connectivity index (χ4v) is 5.03. The summed E-state index contributed by atoms with van der Waals surface area (Å²) < 4.78 is 14.5. The summed E-state index contributed by atoms with van der Waals surface area (Å²) in [5, 5.41) is 6.55. The summed E-state index contributed by atoms with van der Waals surface area (Å²) in [6.45, 7) is 14.0. The van der Waals surface area contributed by atoms with Gasteiger partial charge in [-0.3, -0.25) is 0 Å². The van der Waals surface area contributed by atoms with Crippen molar-refractivity contribution in [3.8, 4) is 0 Å². The first-order valence-electron chi connectivity index (χ1n) is 12.3. The molecule has 2 aromatic rings. The zero-order valence-electron chi connectivity index (χ0n) is 22.1. The zero-order chi connectivity index (χ0) is 26.8. The summed E-state index contributed by atoms with van der Waals surface area (Å²) in [4.78, 5) is 10.1. The minimum absolute atomic E-state index is 0.207. The summed E-state index contributed by atoms with van der Waals surface area (Å²) in [5.41, 5.74) is 3.67. The molecule has 1 aliphatic heterocycles. The SMILES string of the molecule is C=CN=C(NC(=C)Nc1ccc(N2CCN(C)CC2)cc1)C(/C=C\Cc1c(F)cccc1S(=C)C)=C\C. The van der Waals surface area contributed by atoms with Crippen LogP contribution in [0.5, 0.6) is 0 Å². The van der Waals surface area contributed by atoms with Gasteiger partial charge in [0.1, 0.15) is 17.5 Å². The number of nitrogens with zero attached hydrogens (tertiary/aromatic N) is 3. The predicted octanol–water partition coefficient (Wildman–Crippen LogP) is 6.03. The molecule has 0 amide bonds. The van der Waals surface area contributed by atoms with Crippen LogP contribution < -0.4 is 15.5 Å². The maximum absolute atomic E-state index is 14.5. The Kier molecular flexibility index (Phi) is 10.5. The quantitative estimate of drug-likeness (QED) is 0.174. The molecule has 0 aliphatic carbocycles. The molecule has 0 aromatic heterocycles. The van der Waals surface area contributed by atoms with E-state index in [1.807, 2.05) is 37.5 Å². The van der Waals surface area contributed by atoms with E-state index in [4.69, 9.17) is 0 Å². The first kappa shape index (κ1) is 28.2. The van der Waals surface area contributed by atoms with Gasteiger partial charge in [0.05, 0.1) is 0 Å². The first-order chi connectivity index (χ1) is 17.8. The summed E-state index contributed by atoms with van der Waals surface area (Å²) in [5.74, 6) is 5.06. The van der Waals surface area contributed by atoms with Crippen molar-refractivity contribution in [3.63, 3.8) is 0 Å². The van der Waals surface area contributed by atoms with Gasteiger partial charge in [-0.15, -0.1) is 0 Å². The van der Waals surface area contributed by atoms with Gasteiger partial charge in [-0.2, -0.15) is 10.5 Å². The average Bonchev–Trinajstić information content (AvgIpc) is 2.88. The standard InChI is InChI=1S/C30H38FN5S/c1-7-24(11-9-12-27-28(31)13-10-14-29(27)37(5)6)30(32-8-2)34-23(3)33-25-15-17-26(18-16-25)36-21-19-35(4)20-22-36/h7-11,13-18,33H,2-3,5,12,19-22H2,1,4,6H3,(H,32,34)/b11-9-,24-7-. The monoisotopic (exact) mass is 519 g/mol. The molecule has 0 saturated carbocycles. The maximum atomic E-state index is 14.5. The highest BCUT2D eigenvalue weighted by Crippen LogP contribution is 2.27. The van der Waals surface area contributed by atoms with E-state index in [9.17, 15) is 4.39 Å². The van der Waals surface area contributed by atoms with Crippen LogP contribution in [0, 0.1) is 5.82 Å². The van der Waals surface area contributed by atoms with Crippen LogP contribution in [0.25, 0.3) is 0 Å². The van der Waals surface area contributed by atoms with Crippen LogP contribution in [-0.4, -0.2) is 56.1 Å². The van der Waals surface area contributed by atoms with E-state index in [1.165, 1.54) is 18.0 Å². The third kappa shape index (κ3) is 8.03. The summed E-state index contributed by atoms with van der Waals surface area (Å²) in [6.07, 6.45) is 9.76. The van der Waals surface area contributed by atoms with Crippen molar-refractivity contribution in [3.05, 3.63) is 103 Å². The molecule has 3 rings (SSSR count). The van der Waals surface area contributed by atoms with E-state index in [-0.39, 0.29) is 16.3 Å². The van der Waals surface area contributed by atoms with Crippen LogP contribution in [0.3, 0.4) is 0 Å². The highest BCUT2D eigenvalue weighted by molar-refractivity contribution is 8.13. The second kappa shape index (κ2) is 13.8. The van der Waals surface area contributed by atoms with Gasteiger partial charge in [-0.05, 0) is 63.0 Å². The number of hydrogen-bond donors (Lipinski definition) is 2. The Morgan fingerprint density at radius 3 is 2.46 bits per heavy atom. The Morgan fingerprint density at radius 2 is 1.84 bits per heavy atom. The molecule has 1 unspecified atom stereocenters. The molecule has 1 atom stereocenters. The van der Waals surface area contributed by atoms with Crippen LogP contribution in [0.15, 0.2) is 101 Å². The highest BCUT2D eigenvalue weighted by Gasteiger charge is 2.14. The van der Waals surface area contributed by atoms with Crippen LogP contribution in [0.4, 0.5) is 15.8 Å². The number of piperazine rings is 1. The molecule has 2 N–H and O–H groups in total. The van der Waals surface area contributed by atoms with Gasteiger partial charge in [0.25, 0.3) is 0 Å². The van der Waals surface area contributed by atoms with Crippen LogP contribution in [0.2, 0.25) is 0 Å². The molecule has 1 fully saturated rings. The smallest absolute Gasteiger partial charge is 0.138 e. The van der Waals surface area contributed by atoms with Crippen molar-refractivity contribution in [1.29, 1.82) is 0 Å². The lowest BCUT2D eigenvalue weighted by atomic mass is 10.1. The van der Waals surface area contributed by atoms with Crippen LogP contribution in [-0.2, 0) is 6.42 Å². The zero-order valence-corrected chi connectivity index (χ0v) is 23.0. The molecule has 1 saturated heterocycles. The van der Waals surface area contributed by atoms with Gasteiger partial charge >= 0.3 is 0 Å². The third-order valence-electron chi connectivity index (χ3n) is 6.18. The number of aliphatic imine (C=N–C) groups is 1. The molecule has 1 aliphatic rings. The minimum Gasteiger partial charge on any atom is -0.369 e. The largest absolute Gasteiger partial charge is 0.369 e. The normalized spacial score (nSPS) is 16.1. The van der Waals surface area contributed by atoms with Gasteiger partial charge < -0.3 is 20.4 Å². The van der Waals surface area contributed by atoms with E-state index in [1.54, 1.807) is 6.07 Å². The van der Waals surface area contributed by atoms with E-state index in [2.05, 4.69) is 75.8 Å². The van der Waals surface area contributed by atoms with Gasteiger partial charge in [-0.25, -0.2) is 9.38 Å². The Hall–Kier alpha value is -3.42. The van der Waals surface area contributed by atoms with Crippen molar-refractivity contribution in [2.75, 3.05) is 49.7 Å². The lowest BCUT2D eigenvalue weighted by Crippen LogP contribution is -2.44. The molecule has 2 aromatic carbocycles. The molecule has 5 nitrogen and oxygen atoms in total. The van der Waals surface area contributed by atoms with E-state index >= 15 is 0 Å². The highest BCUT2D eigenvalue weighted by atomic mass is 32.2. The summed E-state index contributed by atoms with van der Waals surface area (Å²) in [7, 11) is 1.89. The average molecular weight is 520 g/mol. The Balaban J connectivity index is 1.63. The number of nitrogens with one attached hydrogen (secondary N) is 2. The number of halogens is 1.